The summed E-state index contributed by atoms with van der Waals surface area (Å²) in [5.41, 5.74) is 5.31. The molecule has 2 saturated carbocycles. The minimum Gasteiger partial charge on any atom is -0.493 e. The fraction of sp³-hybridized carbons (Fsp3) is 0.419. The van der Waals surface area contributed by atoms with Crippen molar-refractivity contribution in [2.45, 2.75) is 50.9 Å². The summed E-state index contributed by atoms with van der Waals surface area (Å²) in [6.07, 6.45) is 9.53. The molecule has 0 N–H and O–H groups in total. The van der Waals surface area contributed by atoms with Gasteiger partial charge in [-0.3, -0.25) is 4.68 Å². The Morgan fingerprint density at radius 2 is 1.79 bits per heavy atom. The van der Waals surface area contributed by atoms with Crippen molar-refractivity contribution >= 4 is 5.97 Å². The van der Waals surface area contributed by atoms with E-state index in [-0.39, 0.29) is 17.8 Å². The number of nitrogens with zero attached hydrogens (tertiary/aromatic N) is 5. The van der Waals surface area contributed by atoms with Gasteiger partial charge in [-0.15, -0.1) is 5.10 Å². The summed E-state index contributed by atoms with van der Waals surface area (Å²) in [7, 11) is 3.26. The van der Waals surface area contributed by atoms with Gasteiger partial charge in [0.25, 0.3) is 0 Å². The lowest BCUT2D eigenvalue weighted by molar-refractivity contribution is 0.0599. The third-order valence-electron chi connectivity index (χ3n) is 8.23. The minimum absolute atomic E-state index is 0.112. The van der Waals surface area contributed by atoms with Crippen LogP contribution in [0.2, 0.25) is 0 Å². The quantitative estimate of drug-likeness (QED) is 0.265. The van der Waals surface area contributed by atoms with Crippen LogP contribution in [0.5, 0.6) is 5.75 Å². The third kappa shape index (κ3) is 5.33. The maximum atomic E-state index is 12.7. The lowest BCUT2D eigenvalue weighted by atomic mass is 9.83. The predicted octanol–water partition coefficient (Wildman–Crippen LogP) is 5.93. The van der Waals surface area contributed by atoms with Gasteiger partial charge in [0, 0.05) is 25.1 Å². The van der Waals surface area contributed by atoms with Crippen LogP contribution in [0.3, 0.4) is 0 Å². The first kappa shape index (κ1) is 25.3. The molecular weight excluding hydrogens is 490 g/mol. The molecule has 0 amide bonds. The van der Waals surface area contributed by atoms with Crippen LogP contribution < -0.4 is 4.74 Å². The van der Waals surface area contributed by atoms with Gasteiger partial charge in [-0.25, -0.2) is 9.48 Å². The first-order chi connectivity index (χ1) is 19.0. The van der Waals surface area contributed by atoms with E-state index in [2.05, 4.69) is 46.6 Å². The number of benzene rings is 2. The number of hydrogen-bond acceptors (Lipinski definition) is 6. The number of aryl methyl sites for hydroxylation is 1. The summed E-state index contributed by atoms with van der Waals surface area (Å²) < 4.78 is 14.9. The Morgan fingerprint density at radius 3 is 2.54 bits per heavy atom. The summed E-state index contributed by atoms with van der Waals surface area (Å²) >= 11 is 0. The molecule has 0 saturated heterocycles. The summed E-state index contributed by atoms with van der Waals surface area (Å²) in [5, 5.41) is 13.0. The number of methoxy groups -OCH3 is 1. The predicted molar refractivity (Wildman–Crippen MR) is 148 cm³/mol. The van der Waals surface area contributed by atoms with Crippen LogP contribution in [-0.2, 0) is 11.8 Å². The van der Waals surface area contributed by atoms with E-state index < -0.39 is 0 Å². The molecule has 4 aromatic rings. The molecule has 2 atom stereocenters. The van der Waals surface area contributed by atoms with Crippen LogP contribution in [0.25, 0.3) is 16.8 Å². The second-order valence-electron chi connectivity index (χ2n) is 11.1. The largest absolute Gasteiger partial charge is 0.493 e. The lowest BCUT2D eigenvalue weighted by Gasteiger charge is -2.26. The van der Waals surface area contributed by atoms with Gasteiger partial charge in [-0.2, -0.15) is 5.10 Å². The first-order valence-corrected chi connectivity index (χ1v) is 13.9. The highest BCUT2D eigenvalue weighted by atomic mass is 16.5. The van der Waals surface area contributed by atoms with E-state index in [9.17, 15) is 4.79 Å². The molecule has 2 aliphatic rings. The smallest absolute Gasteiger partial charge is 0.341 e. The SMILES string of the molecule is COC(=O)c1cnn(-c2cccc(-c3cccc(OC[C@H]4CC[C@H](C)CC4)c3)c2)c1[C@H]1C[C@@H]1c1cn(C)nn1. The Hall–Kier alpha value is -3.94. The van der Waals surface area contributed by atoms with Crippen molar-refractivity contribution in [1.82, 2.24) is 24.8 Å². The van der Waals surface area contributed by atoms with Crippen molar-refractivity contribution in [2.24, 2.45) is 18.9 Å². The molecule has 0 radical (unpaired) electrons. The minimum atomic E-state index is -0.380. The summed E-state index contributed by atoms with van der Waals surface area (Å²) in [6.45, 7) is 3.12. The topological polar surface area (TPSA) is 84.1 Å². The number of carbonyl (C=O) groups is 1. The molecule has 6 rings (SSSR count). The van der Waals surface area contributed by atoms with Crippen molar-refractivity contribution in [3.05, 3.63) is 77.9 Å². The number of aromatic nitrogens is 5. The van der Waals surface area contributed by atoms with E-state index in [0.717, 1.165) is 52.9 Å². The summed E-state index contributed by atoms with van der Waals surface area (Å²) in [5.74, 6) is 2.31. The van der Waals surface area contributed by atoms with Gasteiger partial charge in [-0.05, 0) is 66.5 Å². The van der Waals surface area contributed by atoms with Crippen LogP contribution in [0.4, 0.5) is 0 Å². The molecule has 2 aliphatic carbocycles. The maximum Gasteiger partial charge on any atom is 0.341 e. The van der Waals surface area contributed by atoms with Crippen LogP contribution in [0, 0.1) is 11.8 Å². The fourth-order valence-corrected chi connectivity index (χ4v) is 5.84. The van der Waals surface area contributed by atoms with Gasteiger partial charge in [-0.1, -0.05) is 49.2 Å². The van der Waals surface area contributed by atoms with Crippen LogP contribution in [-0.4, -0.2) is 44.5 Å². The van der Waals surface area contributed by atoms with E-state index in [1.807, 2.05) is 42.2 Å². The Labute approximate surface area is 228 Å². The highest BCUT2D eigenvalue weighted by molar-refractivity contribution is 5.91. The Kier molecular flexibility index (Phi) is 6.94. The fourth-order valence-electron chi connectivity index (χ4n) is 5.84. The molecule has 39 heavy (non-hydrogen) atoms. The number of ether oxygens (including phenoxy) is 2. The van der Waals surface area contributed by atoms with E-state index in [0.29, 0.717) is 11.5 Å². The maximum absolute atomic E-state index is 12.7. The third-order valence-corrected chi connectivity index (χ3v) is 8.23. The summed E-state index contributed by atoms with van der Waals surface area (Å²) in [6, 6.07) is 16.5. The molecule has 0 spiro atoms. The second kappa shape index (κ2) is 10.7. The van der Waals surface area contributed by atoms with Crippen molar-refractivity contribution in [2.75, 3.05) is 13.7 Å². The van der Waals surface area contributed by atoms with Gasteiger partial charge >= 0.3 is 5.97 Å². The first-order valence-electron chi connectivity index (χ1n) is 13.9. The molecule has 0 bridgehead atoms. The van der Waals surface area contributed by atoms with Gasteiger partial charge in [0.15, 0.2) is 0 Å². The van der Waals surface area contributed by atoms with Crippen LogP contribution in [0.15, 0.2) is 60.9 Å². The number of rotatable bonds is 8. The van der Waals surface area contributed by atoms with E-state index in [4.69, 9.17) is 9.47 Å². The van der Waals surface area contributed by atoms with E-state index >= 15 is 0 Å². The molecule has 2 heterocycles. The standard InChI is InChI=1S/C31H35N5O3/c1-20-10-12-21(13-11-20)19-39-25-9-5-7-23(15-25)22-6-4-8-24(14-22)36-30(28(17-32-36)31(37)38-3)27-16-26(27)29-18-35(2)34-33-29/h4-9,14-15,17-18,20-21,26-27H,10-13,16,19H2,1-3H3/t20-,21-,26-,27-/m0/s1. The highest BCUT2D eigenvalue weighted by Gasteiger charge is 2.46. The summed E-state index contributed by atoms with van der Waals surface area (Å²) in [4.78, 5) is 12.7. The lowest BCUT2D eigenvalue weighted by Crippen LogP contribution is -2.18. The van der Waals surface area contributed by atoms with Crippen LogP contribution in [0.1, 0.15) is 72.6 Å². The molecule has 202 valence electrons. The average Bonchev–Trinajstić information content (AvgIpc) is 3.42. The Morgan fingerprint density at radius 1 is 1.03 bits per heavy atom. The average molecular weight is 526 g/mol. The highest BCUT2D eigenvalue weighted by Crippen LogP contribution is 2.55. The zero-order valence-electron chi connectivity index (χ0n) is 22.8. The molecule has 8 nitrogen and oxygen atoms in total. The molecule has 2 fully saturated rings. The van der Waals surface area contributed by atoms with Gasteiger partial charge in [0.2, 0.25) is 0 Å². The van der Waals surface area contributed by atoms with E-state index in [1.165, 1.54) is 32.8 Å². The van der Waals surface area contributed by atoms with Crippen molar-refractivity contribution in [1.29, 1.82) is 0 Å². The van der Waals surface area contributed by atoms with Crippen LogP contribution >= 0.6 is 0 Å². The van der Waals surface area contributed by atoms with Crippen molar-refractivity contribution < 1.29 is 14.3 Å². The number of esters is 1. The van der Waals surface area contributed by atoms with Gasteiger partial charge < -0.3 is 9.47 Å². The van der Waals surface area contributed by atoms with Crippen molar-refractivity contribution in [3.63, 3.8) is 0 Å². The molecular formula is C31H35N5O3. The zero-order chi connectivity index (χ0) is 26.9. The number of hydrogen-bond donors (Lipinski definition) is 0. The monoisotopic (exact) mass is 525 g/mol. The van der Waals surface area contributed by atoms with Gasteiger partial charge in [0.05, 0.1) is 37.0 Å². The molecule has 2 aromatic heterocycles. The normalized spacial score (nSPS) is 22.4. The second-order valence-corrected chi connectivity index (χ2v) is 11.1. The Balaban J connectivity index is 1.26. The molecule has 0 unspecified atom stereocenters. The Bertz CT molecular complexity index is 1470. The van der Waals surface area contributed by atoms with Gasteiger partial charge in [0.1, 0.15) is 11.3 Å². The molecule has 8 heteroatoms. The zero-order valence-corrected chi connectivity index (χ0v) is 22.8. The van der Waals surface area contributed by atoms with Crippen molar-refractivity contribution in [3.8, 4) is 22.6 Å². The molecule has 2 aromatic carbocycles. The number of carbonyl (C=O) groups excluding carboxylic acids is 1. The van der Waals surface area contributed by atoms with E-state index in [1.54, 1.807) is 10.9 Å². The molecule has 0 aliphatic heterocycles.